The molecule has 0 atom stereocenters. The highest BCUT2D eigenvalue weighted by Gasteiger charge is 1.99. The van der Waals surface area contributed by atoms with Crippen molar-refractivity contribution in [1.82, 2.24) is 9.97 Å². The first kappa shape index (κ1) is 8.07. The molecule has 0 amide bonds. The van der Waals surface area contributed by atoms with E-state index < -0.39 is 0 Å². The van der Waals surface area contributed by atoms with Crippen LogP contribution in [0.1, 0.15) is 5.82 Å². The second kappa shape index (κ2) is 3.06. The molecule has 2 rings (SSSR count). The minimum absolute atomic E-state index is 0.0569. The molecule has 4 nitrogen and oxygen atoms in total. The van der Waals surface area contributed by atoms with Gasteiger partial charge in [0.05, 0.1) is 11.0 Å². The number of H-pyrrole nitrogens is 1. The molecule has 0 radical (unpaired) electrons. The molecule has 4 heteroatoms. The maximum Gasteiger partial charge on any atom is 0.113 e. The van der Waals surface area contributed by atoms with Crippen LogP contribution in [0, 0.1) is 6.92 Å². The highest BCUT2D eigenvalue weighted by atomic mass is 16.3. The van der Waals surface area contributed by atoms with Gasteiger partial charge in [0, 0.05) is 5.69 Å². The Bertz CT molecular complexity index is 422. The molecule has 13 heavy (non-hydrogen) atoms. The van der Waals surface area contributed by atoms with E-state index in [-0.39, 0.29) is 6.73 Å². The summed E-state index contributed by atoms with van der Waals surface area (Å²) in [5, 5.41) is 11.5. The molecule has 0 bridgehead atoms. The lowest BCUT2D eigenvalue weighted by Crippen LogP contribution is -1.98. The van der Waals surface area contributed by atoms with Crippen LogP contribution in [0.5, 0.6) is 0 Å². The molecular formula is C9H11N3O. The molecule has 0 unspecified atom stereocenters. The van der Waals surface area contributed by atoms with E-state index in [1.165, 1.54) is 0 Å². The number of rotatable bonds is 2. The number of hydrogen-bond acceptors (Lipinski definition) is 3. The third kappa shape index (κ3) is 1.48. The Morgan fingerprint density at radius 2 is 2.38 bits per heavy atom. The third-order valence-corrected chi connectivity index (χ3v) is 1.88. The SMILES string of the molecule is Cc1nc2ccc(NCO)cc2[nH]1. The average molecular weight is 177 g/mol. The zero-order valence-corrected chi connectivity index (χ0v) is 7.33. The molecule has 68 valence electrons. The maximum absolute atomic E-state index is 8.66. The van der Waals surface area contributed by atoms with Gasteiger partial charge in [0.1, 0.15) is 12.6 Å². The van der Waals surface area contributed by atoms with E-state index in [9.17, 15) is 0 Å². The van der Waals surface area contributed by atoms with Gasteiger partial charge in [-0.25, -0.2) is 4.98 Å². The fourth-order valence-electron chi connectivity index (χ4n) is 1.34. The third-order valence-electron chi connectivity index (χ3n) is 1.88. The summed E-state index contributed by atoms with van der Waals surface area (Å²) in [6.45, 7) is 1.86. The van der Waals surface area contributed by atoms with Crippen molar-refractivity contribution < 1.29 is 5.11 Å². The van der Waals surface area contributed by atoms with Crippen LogP contribution >= 0.6 is 0 Å². The summed E-state index contributed by atoms with van der Waals surface area (Å²) in [5.74, 6) is 0.899. The lowest BCUT2D eigenvalue weighted by molar-refractivity contribution is 0.326. The molecule has 1 heterocycles. The van der Waals surface area contributed by atoms with Gasteiger partial charge >= 0.3 is 0 Å². The topological polar surface area (TPSA) is 60.9 Å². The van der Waals surface area contributed by atoms with E-state index in [0.717, 1.165) is 22.5 Å². The van der Waals surface area contributed by atoms with Gasteiger partial charge in [-0.3, -0.25) is 0 Å². The van der Waals surface area contributed by atoms with Gasteiger partial charge in [-0.05, 0) is 25.1 Å². The lowest BCUT2D eigenvalue weighted by atomic mass is 10.3. The number of anilines is 1. The number of aromatic nitrogens is 2. The zero-order valence-electron chi connectivity index (χ0n) is 7.33. The van der Waals surface area contributed by atoms with Crippen molar-refractivity contribution in [3.8, 4) is 0 Å². The molecule has 0 spiro atoms. The number of aliphatic hydroxyl groups excluding tert-OH is 1. The van der Waals surface area contributed by atoms with Crippen molar-refractivity contribution in [3.63, 3.8) is 0 Å². The van der Waals surface area contributed by atoms with Gasteiger partial charge in [0.25, 0.3) is 0 Å². The van der Waals surface area contributed by atoms with Crippen LogP contribution in [0.3, 0.4) is 0 Å². The summed E-state index contributed by atoms with van der Waals surface area (Å²) in [6.07, 6.45) is 0. The van der Waals surface area contributed by atoms with Crippen molar-refractivity contribution in [3.05, 3.63) is 24.0 Å². The summed E-state index contributed by atoms with van der Waals surface area (Å²) in [7, 11) is 0. The molecule has 0 saturated heterocycles. The number of nitrogens with zero attached hydrogens (tertiary/aromatic N) is 1. The van der Waals surface area contributed by atoms with Crippen LogP contribution in [0.25, 0.3) is 11.0 Å². The summed E-state index contributed by atoms with van der Waals surface area (Å²) in [4.78, 5) is 7.39. The first-order valence-electron chi connectivity index (χ1n) is 4.11. The standard InChI is InChI=1S/C9H11N3O/c1-6-11-8-3-2-7(10-5-13)4-9(8)12-6/h2-4,10,13H,5H2,1H3,(H,11,12). The van der Waals surface area contributed by atoms with Gasteiger partial charge < -0.3 is 15.4 Å². The summed E-state index contributed by atoms with van der Waals surface area (Å²) < 4.78 is 0. The van der Waals surface area contributed by atoms with Crippen LogP contribution < -0.4 is 5.32 Å². The van der Waals surface area contributed by atoms with Crippen LogP contribution in [0.15, 0.2) is 18.2 Å². The number of hydrogen-bond donors (Lipinski definition) is 3. The van der Waals surface area contributed by atoms with Crippen LogP contribution in [-0.4, -0.2) is 21.8 Å². The van der Waals surface area contributed by atoms with Crippen LogP contribution in [0.2, 0.25) is 0 Å². The second-order valence-electron chi connectivity index (χ2n) is 2.89. The van der Waals surface area contributed by atoms with E-state index in [0.29, 0.717) is 0 Å². The highest BCUT2D eigenvalue weighted by Crippen LogP contribution is 2.16. The highest BCUT2D eigenvalue weighted by molar-refractivity contribution is 5.79. The van der Waals surface area contributed by atoms with E-state index >= 15 is 0 Å². The first-order valence-corrected chi connectivity index (χ1v) is 4.11. The van der Waals surface area contributed by atoms with Gasteiger partial charge in [-0.2, -0.15) is 0 Å². The van der Waals surface area contributed by atoms with Crippen LogP contribution in [0.4, 0.5) is 5.69 Å². The maximum atomic E-state index is 8.66. The Labute approximate surface area is 75.6 Å². The van der Waals surface area contributed by atoms with Gasteiger partial charge in [0.15, 0.2) is 0 Å². The van der Waals surface area contributed by atoms with Crippen molar-refractivity contribution in [2.24, 2.45) is 0 Å². The largest absolute Gasteiger partial charge is 0.377 e. The Kier molecular flexibility index (Phi) is 1.90. The van der Waals surface area contributed by atoms with E-state index in [1.807, 2.05) is 25.1 Å². The number of imidazole rings is 1. The quantitative estimate of drug-likeness (QED) is 0.605. The summed E-state index contributed by atoms with van der Waals surface area (Å²) in [5.41, 5.74) is 2.82. The fraction of sp³-hybridized carbons (Fsp3) is 0.222. The van der Waals surface area contributed by atoms with E-state index in [4.69, 9.17) is 5.11 Å². The van der Waals surface area contributed by atoms with Crippen molar-refractivity contribution >= 4 is 16.7 Å². The minimum atomic E-state index is -0.0569. The molecule has 0 aliphatic carbocycles. The molecule has 0 aliphatic heterocycles. The molecule has 3 N–H and O–H groups in total. The second-order valence-corrected chi connectivity index (χ2v) is 2.89. The predicted molar refractivity (Wildman–Crippen MR) is 51.5 cm³/mol. The van der Waals surface area contributed by atoms with Gasteiger partial charge in [0.2, 0.25) is 0 Å². The molecular weight excluding hydrogens is 166 g/mol. The van der Waals surface area contributed by atoms with Crippen molar-refractivity contribution in [1.29, 1.82) is 0 Å². The molecule has 0 saturated carbocycles. The minimum Gasteiger partial charge on any atom is -0.377 e. The lowest BCUT2D eigenvalue weighted by Gasteiger charge is -2.00. The summed E-state index contributed by atoms with van der Waals surface area (Å²) in [6, 6.07) is 5.72. The smallest absolute Gasteiger partial charge is 0.113 e. The number of aromatic amines is 1. The zero-order chi connectivity index (χ0) is 9.26. The molecule has 1 aromatic heterocycles. The Morgan fingerprint density at radius 3 is 3.15 bits per heavy atom. The number of aryl methyl sites for hydroxylation is 1. The fourth-order valence-corrected chi connectivity index (χ4v) is 1.34. The predicted octanol–water partition coefficient (Wildman–Crippen LogP) is 1.23. The summed E-state index contributed by atoms with van der Waals surface area (Å²) >= 11 is 0. The Balaban J connectivity index is 2.48. The van der Waals surface area contributed by atoms with Gasteiger partial charge in [-0.1, -0.05) is 0 Å². The average Bonchev–Trinajstić information content (AvgIpc) is 2.44. The molecule has 0 fully saturated rings. The number of aliphatic hydroxyl groups is 1. The Morgan fingerprint density at radius 1 is 1.54 bits per heavy atom. The molecule has 0 aliphatic rings. The van der Waals surface area contributed by atoms with Crippen LogP contribution in [-0.2, 0) is 0 Å². The van der Waals surface area contributed by atoms with Crippen molar-refractivity contribution in [2.75, 3.05) is 12.0 Å². The van der Waals surface area contributed by atoms with E-state index in [2.05, 4.69) is 15.3 Å². The molecule has 1 aromatic carbocycles. The number of fused-ring (bicyclic) bond motifs is 1. The normalized spacial score (nSPS) is 10.6. The first-order chi connectivity index (χ1) is 6.29. The number of benzene rings is 1. The van der Waals surface area contributed by atoms with Crippen molar-refractivity contribution in [2.45, 2.75) is 6.92 Å². The molecule has 2 aromatic rings. The number of nitrogens with one attached hydrogen (secondary N) is 2. The van der Waals surface area contributed by atoms with E-state index in [1.54, 1.807) is 0 Å². The van der Waals surface area contributed by atoms with Gasteiger partial charge in [-0.15, -0.1) is 0 Å². The Hall–Kier alpha value is -1.55. The monoisotopic (exact) mass is 177 g/mol.